The first-order valence-electron chi connectivity index (χ1n) is 5.87. The van der Waals surface area contributed by atoms with Crippen molar-refractivity contribution in [2.75, 3.05) is 23.0 Å². The van der Waals surface area contributed by atoms with Crippen LogP contribution in [0.4, 0.5) is 0 Å². The Bertz CT molecular complexity index is 272. The highest BCUT2D eigenvalue weighted by Gasteiger charge is 2.11. The highest BCUT2D eigenvalue weighted by Crippen LogP contribution is 2.23. The Balaban J connectivity index is 3.44. The maximum Gasteiger partial charge on any atom is 0.214 e. The van der Waals surface area contributed by atoms with E-state index in [0.29, 0.717) is 11.5 Å². The highest BCUT2D eigenvalue weighted by atomic mass is 33.1. The Hall–Kier alpha value is 0.760. The van der Waals surface area contributed by atoms with Crippen LogP contribution in [0.1, 0.15) is 12.8 Å². The second-order valence-corrected chi connectivity index (χ2v) is 8.97. The summed E-state index contributed by atoms with van der Waals surface area (Å²) in [6.45, 7) is 0. The summed E-state index contributed by atoms with van der Waals surface area (Å²) in [7, 11) is 3.38. The Morgan fingerprint density at radius 3 is 1.55 bits per heavy atom. The smallest absolute Gasteiger partial charge is 0.214 e. The largest absolute Gasteiger partial charge is 0.327 e. The lowest BCUT2D eigenvalue weighted by Gasteiger charge is -2.10. The second-order valence-electron chi connectivity index (χ2n) is 3.92. The summed E-state index contributed by atoms with van der Waals surface area (Å²) in [5.41, 5.74) is 11.6. The molecule has 0 aliphatic rings. The maximum absolute atomic E-state index is 11.0. The van der Waals surface area contributed by atoms with E-state index in [1.54, 1.807) is 21.6 Å². The van der Waals surface area contributed by atoms with Crippen LogP contribution < -0.4 is 23.3 Å². The van der Waals surface area contributed by atoms with Crippen molar-refractivity contribution >= 4 is 43.7 Å². The first kappa shape index (κ1) is 20.8. The van der Waals surface area contributed by atoms with Crippen LogP contribution in [0, 0.1) is 0 Å². The first-order valence-corrected chi connectivity index (χ1v) is 10.8. The van der Waals surface area contributed by atoms with Crippen molar-refractivity contribution < 1.29 is 28.8 Å². The van der Waals surface area contributed by atoms with Crippen molar-refractivity contribution in [2.24, 2.45) is 11.5 Å². The normalized spacial score (nSPS) is 17.6. The summed E-state index contributed by atoms with van der Waals surface area (Å²) < 4.78 is 30.9. The molecule has 0 fully saturated rings. The second kappa shape index (κ2) is 13.4. The van der Waals surface area contributed by atoms with Crippen LogP contribution in [0.15, 0.2) is 0 Å². The third-order valence-electron chi connectivity index (χ3n) is 2.19. The van der Waals surface area contributed by atoms with Gasteiger partial charge in [0.1, 0.15) is 0 Å². The Morgan fingerprint density at radius 1 is 0.900 bits per heavy atom. The lowest BCUT2D eigenvalue weighted by atomic mass is 10.3. The molecule has 8 nitrogen and oxygen atoms in total. The average molecular weight is 369 g/mol. The molecule has 0 radical (unpaired) electrons. The van der Waals surface area contributed by atoms with E-state index in [1.165, 1.54) is 0 Å². The minimum Gasteiger partial charge on any atom is -0.327 e. The molecular formula is C8H24N4O4S4+2. The zero-order valence-corrected chi connectivity index (χ0v) is 14.5. The molecule has 0 bridgehead atoms. The molecule has 0 aromatic carbocycles. The third kappa shape index (κ3) is 12.5. The van der Waals surface area contributed by atoms with Crippen molar-refractivity contribution in [1.82, 2.24) is 0 Å². The molecule has 0 rings (SSSR count). The van der Waals surface area contributed by atoms with Crippen LogP contribution in [0.25, 0.3) is 0 Å². The molecule has 0 saturated carbocycles. The van der Waals surface area contributed by atoms with E-state index in [-0.39, 0.29) is 12.1 Å². The van der Waals surface area contributed by atoms with Crippen LogP contribution >= 0.6 is 21.6 Å². The number of hydrogen-bond acceptors (Lipinski definition) is 8. The van der Waals surface area contributed by atoms with E-state index < -0.39 is 22.2 Å². The molecule has 0 aromatic rings. The molecule has 0 aliphatic carbocycles. The topological polar surface area (TPSA) is 160 Å². The molecule has 0 amide bonds. The molecular weight excluding hydrogens is 344 g/mol. The predicted molar refractivity (Wildman–Crippen MR) is 84.1 cm³/mol. The minimum absolute atomic E-state index is 0.149. The van der Waals surface area contributed by atoms with E-state index in [9.17, 15) is 8.42 Å². The fraction of sp³-hybridized carbons (Fsp3) is 1.00. The highest BCUT2D eigenvalue weighted by molar-refractivity contribution is 8.76. The van der Waals surface area contributed by atoms with Crippen molar-refractivity contribution in [3.63, 3.8) is 0 Å². The van der Waals surface area contributed by atoms with Crippen molar-refractivity contribution in [3.05, 3.63) is 0 Å². The van der Waals surface area contributed by atoms with Crippen LogP contribution in [0.5, 0.6) is 0 Å². The van der Waals surface area contributed by atoms with Crippen LogP contribution in [0.2, 0.25) is 0 Å². The van der Waals surface area contributed by atoms with Gasteiger partial charge in [0, 0.05) is 23.6 Å². The summed E-state index contributed by atoms with van der Waals surface area (Å²) >= 11 is -2.79. The lowest BCUT2D eigenvalue weighted by molar-refractivity contribution is -0.633. The minimum atomic E-state index is -1.39. The van der Waals surface area contributed by atoms with Gasteiger partial charge in [-0.1, -0.05) is 21.6 Å². The fourth-order valence-electron chi connectivity index (χ4n) is 1.13. The third-order valence-corrected chi connectivity index (χ3v) is 6.59. The Morgan fingerprint density at radius 2 is 1.25 bits per heavy atom. The number of quaternary nitrogens is 2. The van der Waals surface area contributed by atoms with E-state index in [4.69, 9.17) is 11.5 Å². The molecule has 0 aromatic heterocycles. The van der Waals surface area contributed by atoms with E-state index in [2.05, 4.69) is 20.4 Å². The van der Waals surface area contributed by atoms with Gasteiger partial charge in [0.05, 0.1) is 11.5 Å². The van der Waals surface area contributed by atoms with Gasteiger partial charge in [-0.15, -0.1) is 8.57 Å². The standard InChI is InChI=1S/C8H24N4O4S4/c9-7(5-19(13)15-11)1-3-17-18-4-2-8(10)6-20(14)16-12/h7-8H,1-6,9-10H2,11-12H3/q+2. The fourth-order valence-corrected chi connectivity index (χ4v) is 4.67. The molecule has 20 heavy (non-hydrogen) atoms. The summed E-state index contributed by atoms with van der Waals surface area (Å²) in [5, 5.41) is 0. The SMILES string of the molecule is NC(CCSSCCC(N)CS(=O)O[NH3+])CS(=O)O[NH3+]. The van der Waals surface area contributed by atoms with Gasteiger partial charge in [0.15, 0.2) is 0 Å². The summed E-state index contributed by atoms with van der Waals surface area (Å²) in [6, 6.07) is -0.297. The van der Waals surface area contributed by atoms with Crippen LogP contribution in [-0.4, -0.2) is 43.5 Å². The molecule has 12 heteroatoms. The molecule has 122 valence electrons. The maximum atomic E-state index is 11.0. The van der Waals surface area contributed by atoms with Gasteiger partial charge in [-0.25, -0.2) is 8.42 Å². The van der Waals surface area contributed by atoms with Gasteiger partial charge in [-0.05, 0) is 12.8 Å². The Labute approximate surface area is 132 Å². The number of hydrogen-bond donors (Lipinski definition) is 4. The molecule has 0 saturated heterocycles. The van der Waals surface area contributed by atoms with Gasteiger partial charge in [-0.2, -0.15) is 11.8 Å². The quantitative estimate of drug-likeness (QED) is 0.157. The van der Waals surface area contributed by atoms with Crippen LogP contribution in [0.3, 0.4) is 0 Å². The van der Waals surface area contributed by atoms with E-state index in [1.807, 2.05) is 0 Å². The van der Waals surface area contributed by atoms with Gasteiger partial charge in [0.2, 0.25) is 22.2 Å². The zero-order chi connectivity index (χ0) is 15.4. The number of rotatable bonds is 13. The van der Waals surface area contributed by atoms with Crippen molar-refractivity contribution in [3.8, 4) is 0 Å². The van der Waals surface area contributed by atoms with Crippen LogP contribution in [-0.2, 0) is 30.7 Å². The van der Waals surface area contributed by atoms with Gasteiger partial charge in [-0.3, -0.25) is 0 Å². The average Bonchev–Trinajstić information content (AvgIpc) is 2.42. The van der Waals surface area contributed by atoms with Gasteiger partial charge in [0.25, 0.3) is 0 Å². The first-order chi connectivity index (χ1) is 9.49. The molecule has 0 heterocycles. The molecule has 4 atom stereocenters. The van der Waals surface area contributed by atoms with E-state index in [0.717, 1.165) is 24.3 Å². The van der Waals surface area contributed by atoms with Crippen molar-refractivity contribution in [2.45, 2.75) is 24.9 Å². The molecule has 0 spiro atoms. The Kier molecular flexibility index (Phi) is 13.9. The van der Waals surface area contributed by atoms with Gasteiger partial charge >= 0.3 is 0 Å². The summed E-state index contributed by atoms with van der Waals surface area (Å²) in [6.07, 6.45) is 1.52. The van der Waals surface area contributed by atoms with Gasteiger partial charge < -0.3 is 11.5 Å². The molecule has 4 unspecified atom stereocenters. The molecule has 10 N–H and O–H groups in total. The zero-order valence-electron chi connectivity index (χ0n) is 11.2. The van der Waals surface area contributed by atoms with E-state index >= 15 is 0 Å². The molecule has 0 aliphatic heterocycles. The lowest BCUT2D eigenvalue weighted by Crippen LogP contribution is -2.50. The predicted octanol–water partition coefficient (Wildman–Crippen LogP) is -2.52. The van der Waals surface area contributed by atoms with Crippen molar-refractivity contribution in [1.29, 1.82) is 0 Å². The summed E-state index contributed by atoms with van der Waals surface area (Å²) in [4.78, 5) is 0. The number of nitrogens with two attached hydrogens (primary N) is 2. The summed E-state index contributed by atoms with van der Waals surface area (Å²) in [5.74, 6) is 8.52. The monoisotopic (exact) mass is 368 g/mol.